The van der Waals surface area contributed by atoms with Gasteiger partial charge >= 0.3 is 0 Å². The summed E-state index contributed by atoms with van der Waals surface area (Å²) >= 11 is 0. The Bertz CT molecular complexity index is 678. The molecule has 1 aliphatic heterocycles. The fraction of sp³-hybridized carbons (Fsp3) is 0.650. The highest BCUT2D eigenvalue weighted by atomic mass is 16.5. The molecule has 1 aromatic carbocycles. The molecule has 1 fully saturated rings. The van der Waals surface area contributed by atoms with E-state index in [1.165, 1.54) is 0 Å². The number of rotatable bonds is 9. The summed E-state index contributed by atoms with van der Waals surface area (Å²) in [7, 11) is 0. The topological polar surface area (TPSA) is 57.0 Å². The Morgan fingerprint density at radius 3 is 2.77 bits per heavy atom. The van der Waals surface area contributed by atoms with Gasteiger partial charge in [0.1, 0.15) is 11.1 Å². The van der Waals surface area contributed by atoms with Crippen molar-refractivity contribution in [2.24, 2.45) is 11.8 Å². The van der Waals surface area contributed by atoms with E-state index in [1.807, 2.05) is 25.1 Å². The first-order valence-corrected chi connectivity index (χ1v) is 9.61. The highest BCUT2D eigenvalue weighted by molar-refractivity contribution is 5.88. The molecule has 0 radical (unpaired) electrons. The SMILES string of the molecule is CCOCN1CCC(COc2noc3cccc(OCC(C)C)c23)CC1. The number of nitrogens with zero attached hydrogens (tertiary/aromatic N) is 2. The first-order chi connectivity index (χ1) is 12.7. The lowest BCUT2D eigenvalue weighted by Gasteiger charge is -2.31. The van der Waals surface area contributed by atoms with Crippen LogP contribution in [0, 0.1) is 11.8 Å². The van der Waals surface area contributed by atoms with E-state index in [9.17, 15) is 0 Å². The van der Waals surface area contributed by atoms with Gasteiger partial charge in [-0.15, -0.1) is 0 Å². The fourth-order valence-corrected chi connectivity index (χ4v) is 3.11. The van der Waals surface area contributed by atoms with Gasteiger partial charge in [-0.05, 0) is 48.9 Å². The van der Waals surface area contributed by atoms with Gasteiger partial charge < -0.3 is 18.7 Å². The van der Waals surface area contributed by atoms with Crippen molar-refractivity contribution in [3.05, 3.63) is 18.2 Å². The highest BCUT2D eigenvalue weighted by Crippen LogP contribution is 2.34. The Morgan fingerprint density at radius 2 is 2.04 bits per heavy atom. The molecule has 1 aliphatic rings. The van der Waals surface area contributed by atoms with Crippen LogP contribution in [-0.2, 0) is 4.74 Å². The summed E-state index contributed by atoms with van der Waals surface area (Å²) < 4.78 is 22.9. The first kappa shape index (κ1) is 19.0. The van der Waals surface area contributed by atoms with E-state index in [1.54, 1.807) is 0 Å². The summed E-state index contributed by atoms with van der Waals surface area (Å²) in [6, 6.07) is 5.76. The van der Waals surface area contributed by atoms with Crippen molar-refractivity contribution in [3.63, 3.8) is 0 Å². The van der Waals surface area contributed by atoms with Gasteiger partial charge in [-0.1, -0.05) is 19.9 Å². The molecule has 0 bridgehead atoms. The molecule has 0 atom stereocenters. The second-order valence-electron chi connectivity index (χ2n) is 7.32. The maximum Gasteiger partial charge on any atom is 0.265 e. The molecule has 0 aliphatic carbocycles. The molecule has 26 heavy (non-hydrogen) atoms. The molecular formula is C20H30N2O4. The van der Waals surface area contributed by atoms with Crippen molar-refractivity contribution in [3.8, 4) is 11.6 Å². The molecule has 6 nitrogen and oxygen atoms in total. The van der Waals surface area contributed by atoms with Crippen LogP contribution >= 0.6 is 0 Å². The second-order valence-corrected chi connectivity index (χ2v) is 7.32. The van der Waals surface area contributed by atoms with Crippen molar-refractivity contribution in [1.29, 1.82) is 0 Å². The van der Waals surface area contributed by atoms with Crippen LogP contribution in [0.15, 0.2) is 22.7 Å². The summed E-state index contributed by atoms with van der Waals surface area (Å²) in [4.78, 5) is 2.35. The van der Waals surface area contributed by atoms with Gasteiger partial charge in [-0.3, -0.25) is 4.90 Å². The average molecular weight is 362 g/mol. The normalized spacial score (nSPS) is 16.5. The Kier molecular flexibility index (Phi) is 6.74. The minimum atomic E-state index is 0.455. The molecule has 6 heteroatoms. The summed E-state index contributed by atoms with van der Waals surface area (Å²) in [6.07, 6.45) is 2.22. The summed E-state index contributed by atoms with van der Waals surface area (Å²) in [5.74, 6) is 2.30. The van der Waals surface area contributed by atoms with E-state index >= 15 is 0 Å². The van der Waals surface area contributed by atoms with E-state index in [0.717, 1.165) is 50.4 Å². The van der Waals surface area contributed by atoms with Crippen LogP contribution in [0.25, 0.3) is 11.0 Å². The van der Waals surface area contributed by atoms with Crippen molar-refractivity contribution >= 4 is 11.0 Å². The van der Waals surface area contributed by atoms with Gasteiger partial charge in [0.15, 0.2) is 5.58 Å². The molecule has 0 saturated carbocycles. The van der Waals surface area contributed by atoms with Crippen molar-refractivity contribution in [1.82, 2.24) is 10.1 Å². The summed E-state index contributed by atoms with van der Waals surface area (Å²) in [5, 5.41) is 4.95. The molecule has 144 valence electrons. The van der Waals surface area contributed by atoms with Gasteiger partial charge in [0, 0.05) is 19.7 Å². The zero-order chi connectivity index (χ0) is 18.4. The van der Waals surface area contributed by atoms with Gasteiger partial charge in [0.25, 0.3) is 5.88 Å². The fourth-order valence-electron chi connectivity index (χ4n) is 3.11. The molecule has 2 aromatic rings. The molecule has 3 rings (SSSR count). The van der Waals surface area contributed by atoms with Crippen LogP contribution in [0.3, 0.4) is 0 Å². The van der Waals surface area contributed by atoms with E-state index in [0.29, 0.717) is 36.5 Å². The lowest BCUT2D eigenvalue weighted by molar-refractivity contribution is 0.0118. The van der Waals surface area contributed by atoms with Gasteiger partial charge in [-0.2, -0.15) is 0 Å². The second kappa shape index (κ2) is 9.24. The summed E-state index contributed by atoms with van der Waals surface area (Å²) in [5.41, 5.74) is 0.702. The number of hydrogen-bond donors (Lipinski definition) is 0. The number of fused-ring (bicyclic) bond motifs is 1. The molecule has 0 amide bonds. The molecule has 0 spiro atoms. The number of benzene rings is 1. The predicted molar refractivity (Wildman–Crippen MR) is 101 cm³/mol. The van der Waals surface area contributed by atoms with Crippen molar-refractivity contribution in [2.75, 3.05) is 39.6 Å². The molecule has 1 aromatic heterocycles. The smallest absolute Gasteiger partial charge is 0.265 e. The minimum absolute atomic E-state index is 0.455. The highest BCUT2D eigenvalue weighted by Gasteiger charge is 2.21. The Labute approximate surface area is 155 Å². The third-order valence-electron chi connectivity index (χ3n) is 4.64. The van der Waals surface area contributed by atoms with Crippen LogP contribution < -0.4 is 9.47 Å². The lowest BCUT2D eigenvalue weighted by Crippen LogP contribution is -2.36. The molecule has 0 N–H and O–H groups in total. The van der Waals surface area contributed by atoms with E-state index in [-0.39, 0.29) is 0 Å². The monoisotopic (exact) mass is 362 g/mol. The number of ether oxygens (including phenoxy) is 3. The quantitative estimate of drug-likeness (QED) is 0.673. The van der Waals surface area contributed by atoms with Crippen LogP contribution in [-0.4, -0.2) is 49.7 Å². The van der Waals surface area contributed by atoms with Gasteiger partial charge in [0.05, 0.1) is 19.9 Å². The zero-order valence-electron chi connectivity index (χ0n) is 16.1. The van der Waals surface area contributed by atoms with Crippen LogP contribution in [0.4, 0.5) is 0 Å². The van der Waals surface area contributed by atoms with Gasteiger partial charge in [-0.25, -0.2) is 0 Å². The Hall–Kier alpha value is -1.79. The third-order valence-corrected chi connectivity index (χ3v) is 4.64. The first-order valence-electron chi connectivity index (χ1n) is 9.61. The molecule has 2 heterocycles. The molecule has 0 unspecified atom stereocenters. The minimum Gasteiger partial charge on any atom is -0.492 e. The Balaban J connectivity index is 1.58. The third kappa shape index (κ3) is 4.89. The van der Waals surface area contributed by atoms with Crippen molar-refractivity contribution < 1.29 is 18.7 Å². The van der Waals surface area contributed by atoms with Crippen LogP contribution in [0.5, 0.6) is 11.6 Å². The van der Waals surface area contributed by atoms with Crippen LogP contribution in [0.2, 0.25) is 0 Å². The molecule has 1 saturated heterocycles. The number of hydrogen-bond acceptors (Lipinski definition) is 6. The van der Waals surface area contributed by atoms with E-state index in [2.05, 4.69) is 23.9 Å². The maximum atomic E-state index is 6.03. The van der Waals surface area contributed by atoms with E-state index in [4.69, 9.17) is 18.7 Å². The summed E-state index contributed by atoms with van der Waals surface area (Å²) in [6.45, 7) is 11.2. The predicted octanol–water partition coefficient (Wildman–Crippen LogP) is 3.95. The van der Waals surface area contributed by atoms with Crippen LogP contribution in [0.1, 0.15) is 33.6 Å². The maximum absolute atomic E-state index is 6.03. The standard InChI is InChI=1S/C20H30N2O4/c1-4-23-14-22-10-8-16(9-11-22)13-25-20-19-17(24-12-15(2)3)6-5-7-18(19)26-21-20/h5-7,15-16H,4,8-14H2,1-3H3. The number of piperidine rings is 1. The number of aromatic nitrogens is 1. The largest absolute Gasteiger partial charge is 0.492 e. The lowest BCUT2D eigenvalue weighted by atomic mass is 9.98. The zero-order valence-corrected chi connectivity index (χ0v) is 16.1. The molecular weight excluding hydrogens is 332 g/mol. The average Bonchev–Trinajstić information content (AvgIpc) is 3.07. The number of likely N-dealkylation sites (tertiary alicyclic amines) is 1. The Morgan fingerprint density at radius 1 is 1.23 bits per heavy atom. The van der Waals surface area contributed by atoms with Crippen molar-refractivity contribution in [2.45, 2.75) is 33.6 Å². The van der Waals surface area contributed by atoms with E-state index < -0.39 is 0 Å². The van der Waals surface area contributed by atoms with Gasteiger partial charge in [0.2, 0.25) is 0 Å².